The Hall–Kier alpha value is -4.85. The molecule has 8 aromatic carbocycles. The van der Waals surface area contributed by atoms with Crippen LogP contribution in [0.25, 0.3) is 76.5 Å². The molecule has 0 radical (unpaired) electrons. The lowest BCUT2D eigenvalue weighted by molar-refractivity contribution is 1.40. The van der Waals surface area contributed by atoms with Crippen molar-refractivity contribution in [3.8, 4) is 33.4 Å². The van der Waals surface area contributed by atoms with Crippen molar-refractivity contribution in [3.05, 3.63) is 146 Å². The van der Waals surface area contributed by atoms with Gasteiger partial charge in [-0.2, -0.15) is 0 Å². The van der Waals surface area contributed by atoms with Gasteiger partial charge < -0.3 is 0 Å². The summed E-state index contributed by atoms with van der Waals surface area (Å²) < 4.78 is 0. The zero-order valence-corrected chi connectivity index (χ0v) is 23.1. The Morgan fingerprint density at radius 3 is 1.63 bits per heavy atom. The molecule has 1 aliphatic rings. The second-order valence-electron chi connectivity index (χ2n) is 10.8. The number of rotatable bonds is 2. The summed E-state index contributed by atoms with van der Waals surface area (Å²) in [5.41, 5.74) is 7.82. The Kier molecular flexibility index (Phi) is 4.93. The van der Waals surface area contributed by atoms with E-state index in [9.17, 15) is 0 Å². The van der Waals surface area contributed by atoms with Crippen molar-refractivity contribution in [1.29, 1.82) is 0 Å². The van der Waals surface area contributed by atoms with E-state index in [2.05, 4.69) is 146 Å². The van der Waals surface area contributed by atoms with Gasteiger partial charge in [-0.25, -0.2) is 0 Å². The van der Waals surface area contributed by atoms with Crippen LogP contribution in [0.5, 0.6) is 0 Å². The lowest BCUT2D eigenvalue weighted by Gasteiger charge is -2.22. The molecule has 1 aliphatic heterocycles. The second kappa shape index (κ2) is 8.83. The van der Waals surface area contributed by atoms with E-state index in [1.165, 1.54) is 86.3 Å². The molecule has 0 saturated carbocycles. The second-order valence-corrected chi connectivity index (χ2v) is 11.9. The average molecular weight is 537 g/mol. The van der Waals surface area contributed by atoms with Crippen molar-refractivity contribution in [2.24, 2.45) is 0 Å². The molecule has 0 bridgehead atoms. The number of hydrogen-bond donors (Lipinski definition) is 0. The van der Waals surface area contributed by atoms with Gasteiger partial charge in [0.15, 0.2) is 0 Å². The Balaban J connectivity index is 1.35. The maximum atomic E-state index is 2.42. The standard InChI is InChI=1S/C40H24S/c1-2-14-28-25(10-1)11-7-19-30(28)40-34-17-5-3-15-32(34)38(33-16-4-6-18-35(33)40)27-22-23-29-31-20-8-12-26-13-9-21-36(39(26)31)41-37(29)24-27/h1-24H. The third kappa shape index (κ3) is 3.36. The van der Waals surface area contributed by atoms with Crippen LogP contribution in [-0.2, 0) is 0 Å². The van der Waals surface area contributed by atoms with Crippen LogP contribution in [0.4, 0.5) is 0 Å². The molecule has 0 unspecified atom stereocenters. The van der Waals surface area contributed by atoms with Gasteiger partial charge in [-0.15, -0.1) is 0 Å². The van der Waals surface area contributed by atoms with Crippen LogP contribution in [0.2, 0.25) is 0 Å². The molecule has 9 rings (SSSR count). The fraction of sp³-hybridized carbons (Fsp3) is 0. The van der Waals surface area contributed by atoms with Crippen molar-refractivity contribution in [3.63, 3.8) is 0 Å². The molecule has 0 nitrogen and oxygen atoms in total. The smallest absolute Gasteiger partial charge is 0.0207 e. The quantitative estimate of drug-likeness (QED) is 0.198. The van der Waals surface area contributed by atoms with Crippen LogP contribution in [0, 0.1) is 0 Å². The molecule has 41 heavy (non-hydrogen) atoms. The minimum absolute atomic E-state index is 1.26. The molecule has 0 fully saturated rings. The fourth-order valence-corrected chi connectivity index (χ4v) is 8.08. The van der Waals surface area contributed by atoms with Crippen LogP contribution in [-0.4, -0.2) is 0 Å². The SMILES string of the molecule is c1ccc2c(-c3c4ccccc4c(-c4ccc5c(c4)Sc4cccc6cccc-5c46)c4ccccc34)cccc2c1. The predicted molar refractivity (Wildman–Crippen MR) is 177 cm³/mol. The molecule has 0 spiro atoms. The van der Waals surface area contributed by atoms with Gasteiger partial charge in [-0.05, 0) is 83.2 Å². The van der Waals surface area contributed by atoms with Crippen molar-refractivity contribution < 1.29 is 0 Å². The first kappa shape index (κ1) is 22.9. The van der Waals surface area contributed by atoms with Crippen molar-refractivity contribution in [2.45, 2.75) is 9.79 Å². The van der Waals surface area contributed by atoms with Crippen LogP contribution >= 0.6 is 11.8 Å². The highest BCUT2D eigenvalue weighted by Crippen LogP contribution is 2.50. The van der Waals surface area contributed by atoms with Gasteiger partial charge >= 0.3 is 0 Å². The first-order valence-electron chi connectivity index (χ1n) is 14.1. The summed E-state index contributed by atoms with van der Waals surface area (Å²) in [6.45, 7) is 0. The number of benzene rings is 8. The first-order valence-corrected chi connectivity index (χ1v) is 14.9. The van der Waals surface area contributed by atoms with Crippen molar-refractivity contribution in [1.82, 2.24) is 0 Å². The van der Waals surface area contributed by atoms with Gasteiger partial charge in [0, 0.05) is 15.2 Å². The molecule has 0 aliphatic carbocycles. The molecule has 0 N–H and O–H groups in total. The maximum absolute atomic E-state index is 2.42. The minimum Gasteiger partial charge on any atom is -0.0888 e. The third-order valence-corrected chi connectivity index (χ3v) is 9.76. The monoisotopic (exact) mass is 536 g/mol. The molecule has 8 aromatic rings. The molecule has 1 heteroatoms. The molecular formula is C40H24S. The highest BCUT2D eigenvalue weighted by Gasteiger charge is 2.22. The Bertz CT molecular complexity index is 2280. The van der Waals surface area contributed by atoms with E-state index < -0.39 is 0 Å². The van der Waals surface area contributed by atoms with E-state index >= 15 is 0 Å². The van der Waals surface area contributed by atoms with Crippen LogP contribution in [0.15, 0.2) is 155 Å². The third-order valence-electron chi connectivity index (χ3n) is 8.64. The van der Waals surface area contributed by atoms with Crippen molar-refractivity contribution >= 4 is 54.9 Å². The lowest BCUT2D eigenvalue weighted by Crippen LogP contribution is -1.95. The van der Waals surface area contributed by atoms with E-state index in [-0.39, 0.29) is 0 Å². The summed E-state index contributed by atoms with van der Waals surface area (Å²) in [5, 5.41) is 10.4. The van der Waals surface area contributed by atoms with Gasteiger partial charge in [0.05, 0.1) is 0 Å². The van der Waals surface area contributed by atoms with E-state index in [4.69, 9.17) is 0 Å². The maximum Gasteiger partial charge on any atom is 0.0207 e. The molecular weight excluding hydrogens is 513 g/mol. The van der Waals surface area contributed by atoms with E-state index in [1.54, 1.807) is 0 Å². The summed E-state index contributed by atoms with van der Waals surface area (Å²) in [6.07, 6.45) is 0. The number of fused-ring (bicyclic) bond motifs is 5. The van der Waals surface area contributed by atoms with Gasteiger partial charge in [0.25, 0.3) is 0 Å². The largest absolute Gasteiger partial charge is 0.0888 e. The summed E-state index contributed by atoms with van der Waals surface area (Å²) in [5.74, 6) is 0. The molecule has 0 aromatic heterocycles. The molecule has 0 amide bonds. The molecule has 0 saturated heterocycles. The fourth-order valence-electron chi connectivity index (χ4n) is 6.89. The lowest BCUT2D eigenvalue weighted by atomic mass is 9.84. The van der Waals surface area contributed by atoms with Crippen LogP contribution in [0.1, 0.15) is 0 Å². The topological polar surface area (TPSA) is 0 Å². The van der Waals surface area contributed by atoms with Crippen molar-refractivity contribution in [2.75, 3.05) is 0 Å². The van der Waals surface area contributed by atoms with Gasteiger partial charge in [-0.1, -0.05) is 145 Å². The highest BCUT2D eigenvalue weighted by molar-refractivity contribution is 7.99. The summed E-state index contributed by atoms with van der Waals surface area (Å²) >= 11 is 1.90. The van der Waals surface area contributed by atoms with Gasteiger partial charge in [0.2, 0.25) is 0 Å². The zero-order chi connectivity index (χ0) is 26.9. The first-order chi connectivity index (χ1) is 20.3. The summed E-state index contributed by atoms with van der Waals surface area (Å²) in [7, 11) is 0. The zero-order valence-electron chi connectivity index (χ0n) is 22.3. The van der Waals surface area contributed by atoms with Gasteiger partial charge in [0.1, 0.15) is 0 Å². The Labute approximate surface area is 242 Å². The highest BCUT2D eigenvalue weighted by atomic mass is 32.2. The molecule has 1 heterocycles. The van der Waals surface area contributed by atoms with Crippen LogP contribution in [0.3, 0.4) is 0 Å². The Morgan fingerprint density at radius 1 is 0.341 bits per heavy atom. The van der Waals surface area contributed by atoms with Crippen LogP contribution < -0.4 is 0 Å². The average Bonchev–Trinajstić information content (AvgIpc) is 3.03. The normalized spacial score (nSPS) is 12.3. The molecule has 190 valence electrons. The number of hydrogen-bond acceptors (Lipinski definition) is 1. The Morgan fingerprint density at radius 2 is 0.902 bits per heavy atom. The predicted octanol–water partition coefficient (Wildman–Crippen LogP) is 11.8. The van der Waals surface area contributed by atoms with E-state index in [0.717, 1.165) is 0 Å². The van der Waals surface area contributed by atoms with E-state index in [1.807, 2.05) is 11.8 Å². The minimum atomic E-state index is 1.26. The van der Waals surface area contributed by atoms with Gasteiger partial charge in [-0.3, -0.25) is 0 Å². The van der Waals surface area contributed by atoms with E-state index in [0.29, 0.717) is 0 Å². The molecule has 0 atom stereocenters. The summed E-state index contributed by atoms with van der Waals surface area (Å²) in [4.78, 5) is 2.66. The summed E-state index contributed by atoms with van der Waals surface area (Å²) in [6, 6.07) is 53.7.